The lowest BCUT2D eigenvalue weighted by Crippen LogP contribution is -2.14. The van der Waals surface area contributed by atoms with Gasteiger partial charge in [-0.25, -0.2) is 0 Å². The van der Waals surface area contributed by atoms with Crippen molar-refractivity contribution in [3.05, 3.63) is 149 Å². The quantitative estimate of drug-likeness (QED) is 0.190. The highest BCUT2D eigenvalue weighted by Crippen LogP contribution is 2.63. The van der Waals surface area contributed by atoms with Crippen molar-refractivity contribution in [1.29, 1.82) is 0 Å². The molecule has 0 amide bonds. The molecule has 0 aliphatic heterocycles. The summed E-state index contributed by atoms with van der Waals surface area (Å²) in [5, 5.41) is 4.69. The van der Waals surface area contributed by atoms with Gasteiger partial charge >= 0.3 is 0 Å². The van der Waals surface area contributed by atoms with Crippen molar-refractivity contribution in [2.24, 2.45) is 0 Å². The Bertz CT molecular complexity index is 2020. The van der Waals surface area contributed by atoms with Gasteiger partial charge in [0.2, 0.25) is 0 Å². The second kappa shape index (κ2) is 9.69. The number of rotatable bonds is 3. The van der Waals surface area contributed by atoms with Crippen LogP contribution in [0.4, 0.5) is 0 Å². The van der Waals surface area contributed by atoms with E-state index in [0.717, 1.165) is 0 Å². The molecule has 1 heterocycles. The Morgan fingerprint density at radius 1 is 0.444 bits per heavy atom. The van der Waals surface area contributed by atoms with Crippen LogP contribution < -0.4 is 0 Å². The van der Waals surface area contributed by atoms with Crippen LogP contribution >= 0.6 is 7.53 Å². The van der Waals surface area contributed by atoms with Crippen LogP contribution in [0.3, 0.4) is 0 Å². The average Bonchev–Trinajstić information content (AvgIpc) is 3.62. The van der Waals surface area contributed by atoms with Gasteiger partial charge < -0.3 is 0 Å². The second-order valence-electron chi connectivity index (χ2n) is 14.4. The van der Waals surface area contributed by atoms with E-state index in [9.17, 15) is 0 Å². The maximum atomic E-state index is 2.58. The number of benzene rings is 5. The minimum absolute atomic E-state index is 0.00645. The molecule has 1 heteroatoms. The maximum Gasteiger partial charge on any atom is 0.0159 e. The van der Waals surface area contributed by atoms with Crippen LogP contribution in [0, 0.1) is 0 Å². The third-order valence-corrected chi connectivity index (χ3v) is 14.0. The normalized spacial score (nSPS) is 16.4. The lowest BCUT2D eigenvalue weighted by molar-refractivity contribution is 0.660. The van der Waals surface area contributed by atoms with Crippen LogP contribution in [0.15, 0.2) is 115 Å². The zero-order chi connectivity index (χ0) is 30.5. The fourth-order valence-electron chi connectivity index (χ4n) is 8.95. The second-order valence-corrected chi connectivity index (χ2v) is 16.5. The summed E-state index contributed by atoms with van der Waals surface area (Å²) in [6, 6.07) is 44.4. The highest BCUT2D eigenvalue weighted by Gasteiger charge is 2.38. The third-order valence-electron chi connectivity index (χ3n) is 11.2. The van der Waals surface area contributed by atoms with Crippen LogP contribution in [0.25, 0.3) is 49.3 Å². The summed E-state index contributed by atoms with van der Waals surface area (Å²) in [5.74, 6) is 0. The first-order valence-electron chi connectivity index (χ1n) is 16.7. The summed E-state index contributed by atoms with van der Waals surface area (Å²) in [4.78, 5) is 0. The van der Waals surface area contributed by atoms with Gasteiger partial charge in [0.05, 0.1) is 0 Å². The number of fused-ring (bicyclic) bond motifs is 7. The molecule has 0 N–H and O–H groups in total. The smallest absolute Gasteiger partial charge is 0.0159 e. The first-order chi connectivity index (χ1) is 21.9. The molecule has 3 aliphatic carbocycles. The van der Waals surface area contributed by atoms with Gasteiger partial charge in [-0.3, -0.25) is 0 Å². The average molecular weight is 599 g/mol. The molecule has 0 unspecified atom stereocenters. The Hall–Kier alpha value is -4.12. The van der Waals surface area contributed by atoms with Crippen LogP contribution in [-0.4, -0.2) is 0 Å². The summed E-state index contributed by atoms with van der Waals surface area (Å²) in [5.41, 5.74) is 17.6. The summed E-state index contributed by atoms with van der Waals surface area (Å²) in [6.45, 7) is 9.64. The van der Waals surface area contributed by atoms with Gasteiger partial charge in [0, 0.05) is 21.4 Å². The van der Waals surface area contributed by atoms with Gasteiger partial charge in [-0.05, 0) is 110 Å². The van der Waals surface area contributed by atoms with Gasteiger partial charge in [-0.2, -0.15) is 0 Å². The van der Waals surface area contributed by atoms with E-state index in [4.69, 9.17) is 0 Å². The summed E-state index contributed by atoms with van der Waals surface area (Å²) in [6.07, 6.45) is 4.93. The van der Waals surface area contributed by atoms with Crippen LogP contribution in [-0.2, 0) is 23.7 Å². The zero-order valence-corrected chi connectivity index (χ0v) is 27.6. The van der Waals surface area contributed by atoms with Crippen LogP contribution in [0.5, 0.6) is 0 Å². The molecular formula is C44H39P. The number of hydrogen-bond acceptors (Lipinski definition) is 0. The summed E-state index contributed by atoms with van der Waals surface area (Å²) in [7, 11) is -0.703. The number of hydrogen-bond donors (Lipinski definition) is 0. The van der Waals surface area contributed by atoms with Crippen molar-refractivity contribution < 1.29 is 0 Å². The molecule has 3 aliphatic rings. The molecule has 1 aromatic heterocycles. The first-order valence-corrected chi connectivity index (χ1v) is 18.0. The van der Waals surface area contributed by atoms with E-state index in [2.05, 4.69) is 143 Å². The Labute approximate surface area is 268 Å². The molecule has 5 aromatic carbocycles. The molecule has 0 nitrogen and oxygen atoms in total. The van der Waals surface area contributed by atoms with Gasteiger partial charge in [-0.15, -0.1) is 0 Å². The zero-order valence-electron chi connectivity index (χ0n) is 26.7. The lowest BCUT2D eigenvalue weighted by Gasteiger charge is -2.23. The van der Waals surface area contributed by atoms with E-state index in [-0.39, 0.29) is 10.8 Å². The summed E-state index contributed by atoms with van der Waals surface area (Å²) < 4.78 is 0. The van der Waals surface area contributed by atoms with E-state index in [1.165, 1.54) is 86.6 Å². The Kier molecular flexibility index (Phi) is 5.86. The molecule has 0 saturated carbocycles. The van der Waals surface area contributed by atoms with E-state index in [1.807, 2.05) is 0 Å². The molecule has 0 atom stereocenters. The predicted molar refractivity (Wildman–Crippen MR) is 193 cm³/mol. The van der Waals surface area contributed by atoms with E-state index in [1.54, 1.807) is 21.7 Å². The fourth-order valence-corrected chi connectivity index (χ4v) is 12.0. The maximum absolute atomic E-state index is 2.58. The lowest BCUT2D eigenvalue weighted by atomic mass is 9.81. The van der Waals surface area contributed by atoms with Gasteiger partial charge in [0.15, 0.2) is 0 Å². The van der Waals surface area contributed by atoms with Crippen LogP contribution in [0.2, 0.25) is 0 Å². The van der Waals surface area contributed by atoms with Crippen molar-refractivity contribution in [1.82, 2.24) is 0 Å². The molecular weight excluding hydrogens is 559 g/mol. The topological polar surface area (TPSA) is 0 Å². The van der Waals surface area contributed by atoms with E-state index < -0.39 is 7.53 Å². The van der Waals surface area contributed by atoms with Crippen molar-refractivity contribution in [3.8, 4) is 49.3 Å². The molecule has 9 rings (SSSR count). The molecule has 0 spiro atoms. The molecule has 0 bridgehead atoms. The minimum atomic E-state index is -0.703. The van der Waals surface area contributed by atoms with Gasteiger partial charge in [0.25, 0.3) is 0 Å². The van der Waals surface area contributed by atoms with Gasteiger partial charge in [0.1, 0.15) is 0 Å². The molecule has 0 radical (unpaired) electrons. The van der Waals surface area contributed by atoms with Crippen LogP contribution in [0.1, 0.15) is 73.9 Å². The summed E-state index contributed by atoms with van der Waals surface area (Å²) >= 11 is 0. The molecule has 6 aromatic rings. The van der Waals surface area contributed by atoms with Crippen molar-refractivity contribution in [2.45, 2.75) is 64.2 Å². The van der Waals surface area contributed by atoms with E-state index >= 15 is 0 Å². The largest absolute Gasteiger partial charge is 0.0767 e. The Balaban J connectivity index is 1.31. The van der Waals surface area contributed by atoms with E-state index in [0.29, 0.717) is 0 Å². The highest BCUT2D eigenvalue weighted by atomic mass is 31.1. The predicted octanol–water partition coefficient (Wildman–Crippen LogP) is 12.5. The minimum Gasteiger partial charge on any atom is -0.0767 e. The highest BCUT2D eigenvalue weighted by molar-refractivity contribution is 7.63. The molecule has 0 saturated heterocycles. The van der Waals surface area contributed by atoms with Crippen molar-refractivity contribution in [2.75, 3.05) is 0 Å². The standard InChI is InChI=1S/C44H39P/c1-43(2)37-20-12-10-16-31(37)33-24-22-28(26-39(33)43)41-35-18-8-9-19-36(35)42(45(41)30-14-6-5-7-15-30)29-23-25-34-32-17-11-13-21-38(32)44(3,4)40(34)27-29/h5-7,10-17,20-27H,8-9,18-19H2,1-4H3. The molecule has 45 heavy (non-hydrogen) atoms. The Morgan fingerprint density at radius 3 is 1.36 bits per heavy atom. The Morgan fingerprint density at radius 2 is 0.867 bits per heavy atom. The fraction of sp³-hybridized carbons (Fsp3) is 0.227. The SMILES string of the molecule is CC1(C)c2ccccc2-c2ccc(-c3c4c(c(-c5ccc6c(c5)C(C)(C)c5ccccc5-6)p3-c3ccccc3)CCCC4)cc21. The third kappa shape index (κ3) is 3.79. The molecule has 220 valence electrons. The first kappa shape index (κ1) is 27.2. The van der Waals surface area contributed by atoms with Gasteiger partial charge in [-0.1, -0.05) is 138 Å². The van der Waals surface area contributed by atoms with Crippen molar-refractivity contribution in [3.63, 3.8) is 0 Å². The van der Waals surface area contributed by atoms with Crippen molar-refractivity contribution >= 4 is 7.53 Å². The molecule has 0 fully saturated rings. The monoisotopic (exact) mass is 598 g/mol.